The first kappa shape index (κ1) is 20.1. The van der Waals surface area contributed by atoms with Gasteiger partial charge < -0.3 is 14.2 Å². The van der Waals surface area contributed by atoms with E-state index in [4.69, 9.17) is 19.0 Å². The van der Waals surface area contributed by atoms with E-state index in [-0.39, 0.29) is 12.1 Å². The summed E-state index contributed by atoms with van der Waals surface area (Å²) in [6.45, 7) is 2.18. The molecule has 3 aliphatic rings. The monoisotopic (exact) mass is 429 g/mol. The molecular weight excluding hydrogens is 406 g/mol. The Hall–Kier alpha value is -2.79. The zero-order chi connectivity index (χ0) is 21.5. The standard InChI is InChI=1S/C21H23N3O7/c1-12(25)29-19-18-17(30-20(19)23-8-7-16(26)22-21(23)27)15-9-14(11-28-18)31-24(15)10-13-5-3-2-4-6-13/h2-8,14-15,17-20H,9-11H2,1H3,(H,22,26,27)/t14-,15+,17-,18+,19-,20-/m1/s1. The van der Waals surface area contributed by atoms with E-state index >= 15 is 0 Å². The smallest absolute Gasteiger partial charge is 0.330 e. The van der Waals surface area contributed by atoms with Crippen LogP contribution in [0.2, 0.25) is 0 Å². The SMILES string of the molecule is CC(=O)O[C@@H]1[C@H]2OC[C@H]3C[C@@H]([C@H]2O[C@H]1n1ccc(=O)[nH]c1=O)N(Cc1ccccc1)O3. The molecule has 0 aliphatic carbocycles. The molecule has 2 aromatic rings. The van der Waals surface area contributed by atoms with Crippen molar-refractivity contribution in [2.24, 2.45) is 0 Å². The molecule has 1 aromatic heterocycles. The van der Waals surface area contributed by atoms with Gasteiger partial charge in [-0.05, 0) is 12.0 Å². The van der Waals surface area contributed by atoms with Crippen molar-refractivity contribution in [1.29, 1.82) is 0 Å². The number of carbonyl (C=O) groups is 1. The van der Waals surface area contributed by atoms with Gasteiger partial charge in [-0.15, -0.1) is 0 Å². The molecule has 1 N–H and O–H groups in total. The average Bonchev–Trinajstić information content (AvgIpc) is 3.21. The molecule has 5 rings (SSSR count). The number of carbonyl (C=O) groups excluding carboxylic acids is 1. The Morgan fingerprint density at radius 2 is 2.00 bits per heavy atom. The second-order valence-corrected chi connectivity index (χ2v) is 7.97. The first-order valence-electron chi connectivity index (χ1n) is 10.2. The summed E-state index contributed by atoms with van der Waals surface area (Å²) in [5.41, 5.74) is -0.0725. The van der Waals surface area contributed by atoms with Crippen LogP contribution in [0.15, 0.2) is 52.2 Å². The third-order valence-corrected chi connectivity index (χ3v) is 5.85. The van der Waals surface area contributed by atoms with Crippen LogP contribution in [0.3, 0.4) is 0 Å². The Kier molecular flexibility index (Phi) is 5.22. The molecular formula is C21H23N3O7. The highest BCUT2D eigenvalue weighted by molar-refractivity contribution is 5.66. The highest BCUT2D eigenvalue weighted by Gasteiger charge is 2.57. The van der Waals surface area contributed by atoms with Crippen LogP contribution in [0.4, 0.5) is 0 Å². The minimum atomic E-state index is -0.932. The zero-order valence-electron chi connectivity index (χ0n) is 16.9. The van der Waals surface area contributed by atoms with Gasteiger partial charge in [-0.2, -0.15) is 5.06 Å². The van der Waals surface area contributed by atoms with Crippen LogP contribution in [0.25, 0.3) is 0 Å². The van der Waals surface area contributed by atoms with E-state index in [1.54, 1.807) is 0 Å². The van der Waals surface area contributed by atoms with E-state index in [1.165, 1.54) is 23.8 Å². The van der Waals surface area contributed by atoms with Gasteiger partial charge >= 0.3 is 11.7 Å². The van der Waals surface area contributed by atoms with Crippen molar-refractivity contribution in [3.05, 3.63) is 69.0 Å². The largest absolute Gasteiger partial charge is 0.455 e. The number of hydrogen-bond donors (Lipinski definition) is 1. The van der Waals surface area contributed by atoms with Crippen LogP contribution in [-0.4, -0.2) is 57.6 Å². The number of aromatic amines is 1. The third-order valence-electron chi connectivity index (χ3n) is 5.85. The van der Waals surface area contributed by atoms with E-state index in [0.717, 1.165) is 5.56 Å². The molecule has 31 heavy (non-hydrogen) atoms. The number of benzene rings is 1. The number of fused-ring (bicyclic) bond motifs is 4. The van der Waals surface area contributed by atoms with Crippen LogP contribution in [0.1, 0.15) is 25.1 Å². The molecule has 2 bridgehead atoms. The molecule has 0 spiro atoms. The molecule has 3 fully saturated rings. The maximum atomic E-state index is 12.4. The van der Waals surface area contributed by atoms with Crippen molar-refractivity contribution < 1.29 is 23.8 Å². The minimum absolute atomic E-state index is 0.129. The summed E-state index contributed by atoms with van der Waals surface area (Å²) in [5.74, 6) is -0.507. The molecule has 10 heteroatoms. The predicted octanol–water partition coefficient (Wildman–Crippen LogP) is 0.339. The molecule has 0 saturated carbocycles. The van der Waals surface area contributed by atoms with Gasteiger partial charge in [-0.25, -0.2) is 4.79 Å². The lowest BCUT2D eigenvalue weighted by Crippen LogP contribution is -2.47. The zero-order valence-corrected chi connectivity index (χ0v) is 16.9. The van der Waals surface area contributed by atoms with Crippen LogP contribution in [-0.2, 0) is 30.4 Å². The van der Waals surface area contributed by atoms with Crippen LogP contribution in [0.5, 0.6) is 0 Å². The van der Waals surface area contributed by atoms with Crippen molar-refractivity contribution in [1.82, 2.24) is 14.6 Å². The molecule has 4 heterocycles. The fraction of sp³-hybridized carbons (Fsp3) is 0.476. The first-order valence-corrected chi connectivity index (χ1v) is 10.2. The van der Waals surface area contributed by atoms with E-state index in [1.807, 2.05) is 35.4 Å². The van der Waals surface area contributed by atoms with E-state index < -0.39 is 41.8 Å². The number of hydroxylamine groups is 2. The van der Waals surface area contributed by atoms with Gasteiger partial charge in [0, 0.05) is 25.7 Å². The Bertz CT molecular complexity index is 1070. The van der Waals surface area contributed by atoms with Crippen LogP contribution in [0, 0.1) is 0 Å². The van der Waals surface area contributed by atoms with Gasteiger partial charge in [-0.3, -0.25) is 24.0 Å². The third kappa shape index (κ3) is 3.83. The Morgan fingerprint density at radius 3 is 2.74 bits per heavy atom. The van der Waals surface area contributed by atoms with Crippen molar-refractivity contribution in [2.45, 2.75) is 56.6 Å². The van der Waals surface area contributed by atoms with Gasteiger partial charge in [-0.1, -0.05) is 30.3 Å². The summed E-state index contributed by atoms with van der Waals surface area (Å²) < 4.78 is 19.1. The second-order valence-electron chi connectivity index (χ2n) is 7.97. The number of esters is 1. The number of ether oxygens (including phenoxy) is 3. The molecule has 0 amide bonds. The van der Waals surface area contributed by atoms with Crippen molar-refractivity contribution in [2.75, 3.05) is 6.61 Å². The molecule has 3 aliphatic heterocycles. The Labute approximate surface area is 177 Å². The minimum Gasteiger partial charge on any atom is -0.455 e. The average molecular weight is 429 g/mol. The lowest BCUT2D eigenvalue weighted by atomic mass is 10.00. The lowest BCUT2D eigenvalue weighted by Gasteiger charge is -2.31. The number of nitrogens with one attached hydrogen (secondary N) is 1. The number of hydrogen-bond acceptors (Lipinski definition) is 8. The summed E-state index contributed by atoms with van der Waals surface area (Å²) in [4.78, 5) is 44.0. The second kappa shape index (κ2) is 8.04. The highest BCUT2D eigenvalue weighted by Crippen LogP contribution is 2.42. The molecule has 10 nitrogen and oxygen atoms in total. The topological polar surface area (TPSA) is 112 Å². The number of nitrogens with zero attached hydrogens (tertiary/aromatic N) is 2. The summed E-state index contributed by atoms with van der Waals surface area (Å²) >= 11 is 0. The van der Waals surface area contributed by atoms with Crippen LogP contribution >= 0.6 is 0 Å². The Morgan fingerprint density at radius 1 is 1.19 bits per heavy atom. The molecule has 0 radical (unpaired) electrons. The number of H-pyrrole nitrogens is 1. The highest BCUT2D eigenvalue weighted by atomic mass is 16.7. The summed E-state index contributed by atoms with van der Waals surface area (Å²) in [5, 5.41) is 1.89. The van der Waals surface area contributed by atoms with Gasteiger partial charge in [0.2, 0.25) is 0 Å². The fourth-order valence-corrected chi connectivity index (χ4v) is 4.57. The number of aromatic nitrogens is 2. The maximum Gasteiger partial charge on any atom is 0.330 e. The van der Waals surface area contributed by atoms with Crippen molar-refractivity contribution in [3.8, 4) is 0 Å². The maximum absolute atomic E-state index is 12.4. The Balaban J connectivity index is 1.47. The quantitative estimate of drug-likeness (QED) is 0.693. The molecule has 6 atom stereocenters. The van der Waals surface area contributed by atoms with Gasteiger partial charge in [0.1, 0.15) is 18.3 Å². The molecule has 164 valence electrons. The molecule has 0 unspecified atom stereocenters. The first-order chi connectivity index (χ1) is 15.0. The normalized spacial score (nSPS) is 32.4. The van der Waals surface area contributed by atoms with Gasteiger partial charge in [0.05, 0.1) is 12.6 Å². The van der Waals surface area contributed by atoms with Crippen molar-refractivity contribution in [3.63, 3.8) is 0 Å². The van der Waals surface area contributed by atoms with E-state index in [9.17, 15) is 14.4 Å². The van der Waals surface area contributed by atoms with E-state index in [2.05, 4.69) is 4.98 Å². The van der Waals surface area contributed by atoms with Gasteiger partial charge in [0.25, 0.3) is 5.56 Å². The predicted molar refractivity (Wildman–Crippen MR) is 106 cm³/mol. The fourth-order valence-electron chi connectivity index (χ4n) is 4.57. The summed E-state index contributed by atoms with van der Waals surface area (Å²) in [6, 6.07) is 11.0. The van der Waals surface area contributed by atoms with Crippen LogP contribution < -0.4 is 11.2 Å². The number of rotatable bonds is 4. The molecule has 1 aromatic carbocycles. The summed E-state index contributed by atoms with van der Waals surface area (Å²) in [7, 11) is 0. The van der Waals surface area contributed by atoms with Gasteiger partial charge in [0.15, 0.2) is 12.3 Å². The van der Waals surface area contributed by atoms with Crippen molar-refractivity contribution >= 4 is 5.97 Å². The van der Waals surface area contributed by atoms with E-state index in [0.29, 0.717) is 19.6 Å². The molecule has 3 saturated heterocycles. The summed E-state index contributed by atoms with van der Waals surface area (Å²) in [6.07, 6.45) is -0.954. The lowest BCUT2D eigenvalue weighted by molar-refractivity contribution is -0.224.